The maximum Gasteiger partial charge on any atom is 0.192 e. The quantitative estimate of drug-likeness (QED) is 0.278. The molecule has 2 heterocycles. The summed E-state index contributed by atoms with van der Waals surface area (Å²) in [6.45, 7) is 1.27. The summed E-state index contributed by atoms with van der Waals surface area (Å²) in [5.74, 6) is 0.467. The maximum atomic E-state index is 9.63. The number of hydrogen-bond donors (Lipinski definition) is 3. The van der Waals surface area contributed by atoms with Crippen molar-refractivity contribution in [3.63, 3.8) is 0 Å². The van der Waals surface area contributed by atoms with E-state index in [2.05, 4.69) is 15.1 Å². The molecule has 2 rings (SSSR count). The van der Waals surface area contributed by atoms with Crippen LogP contribution in [-0.4, -0.2) is 45.3 Å². The first-order chi connectivity index (χ1) is 8.22. The zero-order valence-electron chi connectivity index (χ0n) is 9.32. The summed E-state index contributed by atoms with van der Waals surface area (Å²) in [6.07, 6.45) is 4.33. The average Bonchev–Trinajstić information content (AvgIpc) is 2.38. The molecule has 1 aromatic rings. The molecule has 0 aromatic carbocycles. The Bertz CT molecular complexity index is 423. The Morgan fingerprint density at radius 3 is 2.94 bits per heavy atom. The van der Waals surface area contributed by atoms with Gasteiger partial charge in [0.15, 0.2) is 17.3 Å². The lowest BCUT2D eigenvalue weighted by atomic mass is 10.1. The number of aliphatic hydroxyl groups excluding tert-OH is 1. The van der Waals surface area contributed by atoms with Gasteiger partial charge in [-0.15, -0.1) is 0 Å². The molecule has 0 amide bonds. The number of nitrogens with zero attached hydrogens (tertiary/aromatic N) is 4. The molecule has 17 heavy (non-hydrogen) atoms. The monoisotopic (exact) mass is 237 g/mol. The third kappa shape index (κ3) is 2.44. The standard InChI is InChI=1S/C10H15N5O2/c11-9(14-17)8-10(13-4-3-12-8)15-5-1-2-7(16)6-15/h3-4,7,16-17H,1-2,5-6H2,(H2,11,14). The minimum atomic E-state index is -0.370. The third-order valence-corrected chi connectivity index (χ3v) is 2.73. The highest BCUT2D eigenvalue weighted by atomic mass is 16.4. The van der Waals surface area contributed by atoms with Crippen LogP contribution < -0.4 is 10.6 Å². The number of rotatable bonds is 2. The van der Waals surface area contributed by atoms with Crippen LogP contribution in [-0.2, 0) is 0 Å². The van der Waals surface area contributed by atoms with Crippen molar-refractivity contribution in [2.24, 2.45) is 10.9 Å². The van der Waals surface area contributed by atoms with E-state index < -0.39 is 0 Å². The predicted molar refractivity (Wildman–Crippen MR) is 62.0 cm³/mol. The van der Waals surface area contributed by atoms with E-state index in [1.165, 1.54) is 6.20 Å². The average molecular weight is 237 g/mol. The Morgan fingerprint density at radius 2 is 2.24 bits per heavy atom. The number of amidine groups is 1. The Morgan fingerprint density at radius 1 is 1.47 bits per heavy atom. The first-order valence-electron chi connectivity index (χ1n) is 5.44. The molecule has 1 atom stereocenters. The summed E-state index contributed by atoms with van der Waals surface area (Å²) in [5, 5.41) is 21.3. The molecule has 0 aliphatic carbocycles. The highest BCUT2D eigenvalue weighted by Gasteiger charge is 2.22. The van der Waals surface area contributed by atoms with Gasteiger partial charge in [0, 0.05) is 25.5 Å². The second-order valence-electron chi connectivity index (χ2n) is 3.96. The summed E-state index contributed by atoms with van der Waals surface area (Å²) in [7, 11) is 0. The molecule has 0 radical (unpaired) electrons. The summed E-state index contributed by atoms with van der Waals surface area (Å²) in [5.41, 5.74) is 5.88. The number of oxime groups is 1. The van der Waals surface area contributed by atoms with E-state index in [0.29, 0.717) is 18.1 Å². The number of β-amino-alcohol motifs (C(OH)–C–C–N with tert-alkyl or cyclic N) is 1. The van der Waals surface area contributed by atoms with E-state index in [-0.39, 0.29) is 11.9 Å². The topological polar surface area (TPSA) is 108 Å². The van der Waals surface area contributed by atoms with Crippen LogP contribution in [0.5, 0.6) is 0 Å². The number of hydrogen-bond acceptors (Lipinski definition) is 6. The molecule has 1 unspecified atom stereocenters. The van der Waals surface area contributed by atoms with Crippen molar-refractivity contribution < 1.29 is 10.3 Å². The molecule has 7 heteroatoms. The predicted octanol–water partition coefficient (Wildman–Crippen LogP) is -0.468. The summed E-state index contributed by atoms with van der Waals surface area (Å²) in [6, 6.07) is 0. The molecule has 0 saturated carbocycles. The number of anilines is 1. The van der Waals surface area contributed by atoms with Crippen LogP contribution in [0.4, 0.5) is 5.82 Å². The molecular weight excluding hydrogens is 222 g/mol. The fourth-order valence-corrected chi connectivity index (χ4v) is 1.94. The Hall–Kier alpha value is -1.89. The van der Waals surface area contributed by atoms with E-state index in [1.807, 2.05) is 4.90 Å². The minimum Gasteiger partial charge on any atom is -0.409 e. The largest absolute Gasteiger partial charge is 0.409 e. The number of nitrogens with two attached hydrogens (primary N) is 1. The van der Waals surface area contributed by atoms with Crippen LogP contribution in [0.2, 0.25) is 0 Å². The Balaban J connectivity index is 2.31. The molecule has 0 spiro atoms. The van der Waals surface area contributed by atoms with E-state index >= 15 is 0 Å². The summed E-state index contributed by atoms with van der Waals surface area (Å²) >= 11 is 0. The van der Waals surface area contributed by atoms with Crippen molar-refractivity contribution >= 4 is 11.7 Å². The van der Waals surface area contributed by atoms with Crippen LogP contribution in [0.3, 0.4) is 0 Å². The van der Waals surface area contributed by atoms with Gasteiger partial charge < -0.3 is 20.9 Å². The number of aromatic nitrogens is 2. The summed E-state index contributed by atoms with van der Waals surface area (Å²) in [4.78, 5) is 10.1. The lowest BCUT2D eigenvalue weighted by molar-refractivity contribution is 0.154. The molecule has 0 bridgehead atoms. The highest BCUT2D eigenvalue weighted by Crippen LogP contribution is 2.20. The van der Waals surface area contributed by atoms with Gasteiger partial charge in [-0.3, -0.25) is 0 Å². The number of aliphatic hydroxyl groups is 1. The van der Waals surface area contributed by atoms with Crippen LogP contribution in [0, 0.1) is 0 Å². The van der Waals surface area contributed by atoms with E-state index in [0.717, 1.165) is 19.4 Å². The van der Waals surface area contributed by atoms with Crippen LogP contribution in [0.1, 0.15) is 18.5 Å². The Labute approximate surface area is 98.6 Å². The maximum absolute atomic E-state index is 9.63. The van der Waals surface area contributed by atoms with Crippen molar-refractivity contribution in [1.82, 2.24) is 9.97 Å². The summed E-state index contributed by atoms with van der Waals surface area (Å²) < 4.78 is 0. The van der Waals surface area contributed by atoms with E-state index in [9.17, 15) is 5.11 Å². The van der Waals surface area contributed by atoms with Crippen molar-refractivity contribution in [3.8, 4) is 0 Å². The van der Waals surface area contributed by atoms with Crippen molar-refractivity contribution in [1.29, 1.82) is 0 Å². The Kier molecular flexibility index (Phi) is 3.38. The van der Waals surface area contributed by atoms with Gasteiger partial charge in [-0.1, -0.05) is 5.16 Å². The van der Waals surface area contributed by atoms with Gasteiger partial charge in [-0.25, -0.2) is 9.97 Å². The first-order valence-corrected chi connectivity index (χ1v) is 5.44. The zero-order valence-corrected chi connectivity index (χ0v) is 9.32. The molecule has 1 aromatic heterocycles. The molecule has 4 N–H and O–H groups in total. The van der Waals surface area contributed by atoms with Crippen LogP contribution in [0.15, 0.2) is 17.5 Å². The fourth-order valence-electron chi connectivity index (χ4n) is 1.94. The molecule has 1 fully saturated rings. The van der Waals surface area contributed by atoms with Gasteiger partial charge in [0.25, 0.3) is 0 Å². The van der Waals surface area contributed by atoms with Crippen molar-refractivity contribution in [2.75, 3.05) is 18.0 Å². The number of piperidine rings is 1. The minimum absolute atomic E-state index is 0.0758. The van der Waals surface area contributed by atoms with Crippen molar-refractivity contribution in [3.05, 3.63) is 18.1 Å². The van der Waals surface area contributed by atoms with Gasteiger partial charge in [0.1, 0.15) is 0 Å². The highest BCUT2D eigenvalue weighted by molar-refractivity contribution is 5.99. The van der Waals surface area contributed by atoms with E-state index in [1.54, 1.807) is 6.20 Å². The second-order valence-corrected chi connectivity index (χ2v) is 3.96. The SMILES string of the molecule is NC(=NO)c1nccnc1N1CCCC(O)C1. The van der Waals surface area contributed by atoms with Gasteiger partial charge in [0.2, 0.25) is 0 Å². The van der Waals surface area contributed by atoms with Crippen LogP contribution >= 0.6 is 0 Å². The molecular formula is C10H15N5O2. The first kappa shape index (κ1) is 11.6. The molecule has 1 aliphatic heterocycles. The lowest BCUT2D eigenvalue weighted by Crippen LogP contribution is -2.40. The molecule has 1 aliphatic rings. The molecule has 92 valence electrons. The normalized spacial score (nSPS) is 21.6. The van der Waals surface area contributed by atoms with Gasteiger partial charge in [-0.05, 0) is 12.8 Å². The van der Waals surface area contributed by atoms with Crippen LogP contribution in [0.25, 0.3) is 0 Å². The van der Waals surface area contributed by atoms with Gasteiger partial charge in [-0.2, -0.15) is 0 Å². The smallest absolute Gasteiger partial charge is 0.192 e. The second kappa shape index (κ2) is 4.96. The van der Waals surface area contributed by atoms with E-state index in [4.69, 9.17) is 10.9 Å². The van der Waals surface area contributed by atoms with Crippen molar-refractivity contribution in [2.45, 2.75) is 18.9 Å². The third-order valence-electron chi connectivity index (χ3n) is 2.73. The molecule has 7 nitrogen and oxygen atoms in total. The van der Waals surface area contributed by atoms with Gasteiger partial charge in [0.05, 0.1) is 6.10 Å². The fraction of sp³-hybridized carbons (Fsp3) is 0.500. The lowest BCUT2D eigenvalue weighted by Gasteiger charge is -2.31. The molecule has 1 saturated heterocycles. The van der Waals surface area contributed by atoms with Gasteiger partial charge >= 0.3 is 0 Å². The zero-order chi connectivity index (χ0) is 12.3.